The highest BCUT2D eigenvalue weighted by Crippen LogP contribution is 2.14. The summed E-state index contributed by atoms with van der Waals surface area (Å²) in [4.78, 5) is 26.0. The highest BCUT2D eigenvalue weighted by molar-refractivity contribution is 6.04. The second-order valence-electron chi connectivity index (χ2n) is 3.82. The highest BCUT2D eigenvalue weighted by atomic mass is 19.2. The highest BCUT2D eigenvalue weighted by Gasteiger charge is 2.10. The fourth-order valence-electron chi connectivity index (χ4n) is 1.43. The van der Waals surface area contributed by atoms with Gasteiger partial charge in [-0.3, -0.25) is 4.79 Å². The third-order valence-corrected chi connectivity index (χ3v) is 2.42. The Labute approximate surface area is 111 Å². The zero-order chi connectivity index (χ0) is 14.7. The number of pyridine rings is 1. The van der Waals surface area contributed by atoms with Crippen molar-refractivity contribution in [2.75, 3.05) is 5.32 Å². The number of hydrogen-bond donors (Lipinski definition) is 2. The van der Waals surface area contributed by atoms with Crippen LogP contribution in [0, 0.1) is 11.6 Å². The number of nitrogens with zero attached hydrogens (tertiary/aromatic N) is 1. The molecule has 0 radical (unpaired) electrons. The van der Waals surface area contributed by atoms with Gasteiger partial charge in [-0.15, -0.1) is 0 Å². The Morgan fingerprint density at radius 2 is 1.85 bits per heavy atom. The maximum absolute atomic E-state index is 13.0. The molecular weight excluding hydrogens is 270 g/mol. The first-order valence-electron chi connectivity index (χ1n) is 5.43. The number of aromatic nitrogens is 1. The average Bonchev–Trinajstić information content (AvgIpc) is 2.43. The first-order chi connectivity index (χ1) is 9.47. The number of carboxylic acids is 1. The third kappa shape index (κ3) is 2.94. The van der Waals surface area contributed by atoms with Gasteiger partial charge in [0.05, 0.1) is 5.56 Å². The number of carbonyl (C=O) groups excluding carboxylic acids is 1. The van der Waals surface area contributed by atoms with Crippen molar-refractivity contribution in [1.29, 1.82) is 0 Å². The molecule has 2 aromatic rings. The molecule has 0 aliphatic rings. The molecule has 1 amide bonds. The number of halogens is 2. The van der Waals surface area contributed by atoms with Crippen molar-refractivity contribution in [3.05, 3.63) is 59.4 Å². The minimum atomic E-state index is -1.21. The minimum absolute atomic E-state index is 0.0798. The number of rotatable bonds is 3. The summed E-state index contributed by atoms with van der Waals surface area (Å²) in [5, 5.41) is 11.0. The zero-order valence-electron chi connectivity index (χ0n) is 9.93. The number of hydrogen-bond acceptors (Lipinski definition) is 3. The fraction of sp³-hybridized carbons (Fsp3) is 0. The largest absolute Gasteiger partial charge is 0.477 e. The second kappa shape index (κ2) is 5.43. The van der Waals surface area contributed by atoms with Crippen LogP contribution in [-0.4, -0.2) is 22.0 Å². The van der Waals surface area contributed by atoms with E-state index in [9.17, 15) is 18.4 Å². The van der Waals surface area contributed by atoms with Gasteiger partial charge in [0, 0.05) is 18.0 Å². The molecule has 1 heterocycles. The van der Waals surface area contributed by atoms with Crippen molar-refractivity contribution in [2.45, 2.75) is 0 Å². The predicted molar refractivity (Wildman–Crippen MR) is 65.5 cm³/mol. The SMILES string of the molecule is O=C(Nc1ccc(F)c(F)c1)c1ccc(C(=O)O)nc1. The Morgan fingerprint density at radius 3 is 2.40 bits per heavy atom. The lowest BCUT2D eigenvalue weighted by molar-refractivity contribution is 0.0690. The van der Waals surface area contributed by atoms with Crippen LogP contribution in [-0.2, 0) is 0 Å². The summed E-state index contributed by atoms with van der Waals surface area (Å²) < 4.78 is 25.7. The Morgan fingerprint density at radius 1 is 1.10 bits per heavy atom. The molecule has 102 valence electrons. The van der Waals surface area contributed by atoms with Gasteiger partial charge in [0.1, 0.15) is 5.69 Å². The van der Waals surface area contributed by atoms with E-state index in [1.807, 2.05) is 0 Å². The Bertz CT molecular complexity index is 672. The van der Waals surface area contributed by atoms with E-state index in [-0.39, 0.29) is 16.9 Å². The average molecular weight is 278 g/mol. The third-order valence-electron chi connectivity index (χ3n) is 2.42. The van der Waals surface area contributed by atoms with E-state index in [1.165, 1.54) is 18.2 Å². The van der Waals surface area contributed by atoms with E-state index in [4.69, 9.17) is 5.11 Å². The molecular formula is C13H8F2N2O3. The summed E-state index contributed by atoms with van der Waals surface area (Å²) in [6, 6.07) is 5.37. The number of carbonyl (C=O) groups is 2. The van der Waals surface area contributed by atoms with Crippen molar-refractivity contribution < 1.29 is 23.5 Å². The number of nitrogens with one attached hydrogen (secondary N) is 1. The summed E-state index contributed by atoms with van der Waals surface area (Å²) in [7, 11) is 0. The summed E-state index contributed by atoms with van der Waals surface area (Å²) >= 11 is 0. The van der Waals surface area contributed by atoms with Crippen LogP contribution in [0.15, 0.2) is 36.5 Å². The first kappa shape index (κ1) is 13.6. The van der Waals surface area contributed by atoms with Gasteiger partial charge in [-0.2, -0.15) is 0 Å². The standard InChI is InChI=1S/C13H8F2N2O3/c14-9-3-2-8(5-10(9)15)17-12(18)7-1-4-11(13(19)20)16-6-7/h1-6H,(H,17,18)(H,19,20). The van der Waals surface area contributed by atoms with E-state index in [0.717, 1.165) is 18.3 Å². The molecule has 1 aromatic carbocycles. The Kier molecular flexibility index (Phi) is 3.69. The van der Waals surface area contributed by atoms with Crippen LogP contribution in [0.4, 0.5) is 14.5 Å². The number of benzene rings is 1. The molecule has 0 fully saturated rings. The topological polar surface area (TPSA) is 79.3 Å². The Balaban J connectivity index is 2.15. The van der Waals surface area contributed by atoms with Gasteiger partial charge in [0.25, 0.3) is 5.91 Å². The molecule has 20 heavy (non-hydrogen) atoms. The maximum Gasteiger partial charge on any atom is 0.354 e. The van der Waals surface area contributed by atoms with Crippen LogP contribution in [0.25, 0.3) is 0 Å². The van der Waals surface area contributed by atoms with Gasteiger partial charge in [0.2, 0.25) is 0 Å². The van der Waals surface area contributed by atoms with Crippen molar-refractivity contribution in [3.63, 3.8) is 0 Å². The second-order valence-corrected chi connectivity index (χ2v) is 3.82. The minimum Gasteiger partial charge on any atom is -0.477 e. The molecule has 0 saturated carbocycles. The maximum atomic E-state index is 13.0. The first-order valence-corrected chi connectivity index (χ1v) is 5.43. The van der Waals surface area contributed by atoms with Crippen molar-refractivity contribution in [3.8, 4) is 0 Å². The van der Waals surface area contributed by atoms with E-state index in [2.05, 4.69) is 10.3 Å². The van der Waals surface area contributed by atoms with Crippen LogP contribution < -0.4 is 5.32 Å². The van der Waals surface area contributed by atoms with Crippen LogP contribution in [0.3, 0.4) is 0 Å². The normalized spacial score (nSPS) is 10.1. The van der Waals surface area contributed by atoms with E-state index in [0.29, 0.717) is 0 Å². The Hall–Kier alpha value is -2.83. The summed E-state index contributed by atoms with van der Waals surface area (Å²) in [5.74, 6) is -3.92. The van der Waals surface area contributed by atoms with Gasteiger partial charge in [-0.25, -0.2) is 18.6 Å². The van der Waals surface area contributed by atoms with Crippen molar-refractivity contribution >= 4 is 17.6 Å². The fourth-order valence-corrected chi connectivity index (χ4v) is 1.43. The molecule has 2 N–H and O–H groups in total. The predicted octanol–water partition coefficient (Wildman–Crippen LogP) is 2.31. The van der Waals surface area contributed by atoms with Gasteiger partial charge in [-0.05, 0) is 24.3 Å². The molecule has 7 heteroatoms. The molecule has 0 atom stereocenters. The van der Waals surface area contributed by atoms with E-state index in [1.54, 1.807) is 0 Å². The molecule has 0 aliphatic heterocycles. The van der Waals surface area contributed by atoms with Crippen LogP contribution >= 0.6 is 0 Å². The number of aromatic carboxylic acids is 1. The summed E-state index contributed by atoms with van der Waals surface area (Å²) in [5.41, 5.74) is -0.0229. The van der Waals surface area contributed by atoms with Crippen molar-refractivity contribution in [1.82, 2.24) is 4.98 Å². The molecule has 0 saturated heterocycles. The lowest BCUT2D eigenvalue weighted by atomic mass is 10.2. The number of carboxylic acid groups (broad SMARTS) is 1. The molecule has 0 aliphatic carbocycles. The summed E-state index contributed by atoms with van der Waals surface area (Å²) in [6.45, 7) is 0. The molecule has 2 rings (SSSR count). The van der Waals surface area contributed by atoms with Crippen LogP contribution in [0.5, 0.6) is 0 Å². The van der Waals surface area contributed by atoms with Gasteiger partial charge in [-0.1, -0.05) is 0 Å². The van der Waals surface area contributed by atoms with Gasteiger partial charge in [0.15, 0.2) is 11.6 Å². The summed E-state index contributed by atoms with van der Waals surface area (Å²) in [6.07, 6.45) is 1.08. The van der Waals surface area contributed by atoms with Crippen molar-refractivity contribution in [2.24, 2.45) is 0 Å². The molecule has 0 unspecified atom stereocenters. The van der Waals surface area contributed by atoms with Crippen LogP contribution in [0.1, 0.15) is 20.8 Å². The quantitative estimate of drug-likeness (QED) is 0.903. The molecule has 1 aromatic heterocycles. The van der Waals surface area contributed by atoms with Crippen LogP contribution in [0.2, 0.25) is 0 Å². The van der Waals surface area contributed by atoms with E-state index < -0.39 is 23.5 Å². The monoisotopic (exact) mass is 278 g/mol. The molecule has 0 bridgehead atoms. The number of amides is 1. The molecule has 0 spiro atoms. The van der Waals surface area contributed by atoms with Gasteiger partial charge < -0.3 is 10.4 Å². The lowest BCUT2D eigenvalue weighted by Gasteiger charge is -2.05. The zero-order valence-corrected chi connectivity index (χ0v) is 9.93. The smallest absolute Gasteiger partial charge is 0.354 e. The number of anilines is 1. The van der Waals surface area contributed by atoms with Gasteiger partial charge >= 0.3 is 5.97 Å². The molecule has 5 nitrogen and oxygen atoms in total. The lowest BCUT2D eigenvalue weighted by Crippen LogP contribution is -2.13. The van der Waals surface area contributed by atoms with E-state index >= 15 is 0 Å².